The monoisotopic (exact) mass is 294 g/mol. The molecule has 2 atom stereocenters. The highest BCUT2D eigenvalue weighted by molar-refractivity contribution is 5.76. The van der Waals surface area contributed by atoms with Crippen LogP contribution in [0.15, 0.2) is 0 Å². The van der Waals surface area contributed by atoms with Crippen LogP contribution in [0.1, 0.15) is 26.7 Å². The average Bonchev–Trinajstić information content (AvgIpc) is 2.95. The molecule has 2 rings (SSSR count). The fraction of sp³-hybridized carbons (Fsp3) is 0.923. The third-order valence-electron chi connectivity index (χ3n) is 4.69. The molecule has 2 saturated heterocycles. The zero-order valence-electron chi connectivity index (χ0n) is 11.8. The van der Waals surface area contributed by atoms with Crippen molar-refractivity contribution in [2.45, 2.75) is 44.9 Å². The van der Waals surface area contributed by atoms with E-state index in [4.69, 9.17) is 5.11 Å². The zero-order chi connectivity index (χ0) is 15.1. The molecule has 0 radical (unpaired) electrons. The number of aliphatic carboxylic acids is 1. The second kappa shape index (κ2) is 5.18. The lowest BCUT2D eigenvalue weighted by atomic mass is 9.86. The number of carboxylic acid groups (broad SMARTS) is 1. The molecule has 2 heterocycles. The minimum Gasteiger partial charge on any atom is -0.481 e. The third kappa shape index (κ3) is 2.53. The van der Waals surface area contributed by atoms with Crippen molar-refractivity contribution in [3.8, 4) is 0 Å². The Morgan fingerprint density at radius 2 is 2.00 bits per heavy atom. The van der Waals surface area contributed by atoms with Gasteiger partial charge in [-0.3, -0.25) is 14.6 Å². The van der Waals surface area contributed by atoms with Crippen LogP contribution in [0.3, 0.4) is 0 Å². The molecule has 4 nitrogen and oxygen atoms in total. The molecule has 20 heavy (non-hydrogen) atoms. The molecular weight excluding hydrogens is 273 g/mol. The lowest BCUT2D eigenvalue weighted by molar-refractivity contribution is -0.227. The largest absolute Gasteiger partial charge is 0.481 e. The first kappa shape index (κ1) is 15.6. The summed E-state index contributed by atoms with van der Waals surface area (Å²) in [5.41, 5.74) is -2.59. The van der Waals surface area contributed by atoms with Crippen molar-refractivity contribution >= 4 is 5.97 Å². The Kier molecular flexibility index (Phi) is 4.03. The minimum atomic E-state index is -4.69. The first-order valence-corrected chi connectivity index (χ1v) is 6.95. The summed E-state index contributed by atoms with van der Waals surface area (Å²) in [6.07, 6.45) is -4.22. The van der Waals surface area contributed by atoms with Crippen LogP contribution in [-0.2, 0) is 4.79 Å². The van der Waals surface area contributed by atoms with E-state index in [1.54, 1.807) is 4.90 Å². The summed E-state index contributed by atoms with van der Waals surface area (Å²) in [4.78, 5) is 15.1. The fourth-order valence-electron chi connectivity index (χ4n) is 3.21. The zero-order valence-corrected chi connectivity index (χ0v) is 11.8. The molecule has 1 N–H and O–H groups in total. The van der Waals surface area contributed by atoms with E-state index in [1.165, 1.54) is 0 Å². The van der Waals surface area contributed by atoms with Crippen LogP contribution < -0.4 is 0 Å². The molecule has 0 spiro atoms. The molecule has 0 aliphatic carbocycles. The predicted molar refractivity (Wildman–Crippen MR) is 67.4 cm³/mol. The molecule has 7 heteroatoms. The van der Waals surface area contributed by atoms with Gasteiger partial charge in [-0.25, -0.2) is 0 Å². The number of carbonyl (C=O) groups is 1. The molecule has 2 aliphatic rings. The standard InChI is InChI=1S/C13H21F3N2O2/c1-9(2)17-5-3-10(7-17)18-6-4-12(8-18,11(19)20)13(14,15)16/h9-10H,3-8H2,1-2H3,(H,19,20). The van der Waals surface area contributed by atoms with Crippen LogP contribution in [0.4, 0.5) is 13.2 Å². The molecule has 0 aromatic heterocycles. The van der Waals surface area contributed by atoms with E-state index in [2.05, 4.69) is 18.7 Å². The SMILES string of the molecule is CC(C)N1CCC(N2CCC(C(=O)O)(C(F)(F)F)C2)C1. The Balaban J connectivity index is 2.07. The molecular formula is C13H21F3N2O2. The Morgan fingerprint density at radius 1 is 1.35 bits per heavy atom. The van der Waals surface area contributed by atoms with Gasteiger partial charge in [0.25, 0.3) is 0 Å². The van der Waals surface area contributed by atoms with Crippen molar-refractivity contribution < 1.29 is 23.1 Å². The summed E-state index contributed by atoms with van der Waals surface area (Å²) in [5.74, 6) is -1.74. The highest BCUT2D eigenvalue weighted by Crippen LogP contribution is 2.46. The molecule has 0 saturated carbocycles. The Hall–Kier alpha value is -0.820. The quantitative estimate of drug-likeness (QED) is 0.862. The second-order valence-corrected chi connectivity index (χ2v) is 6.14. The first-order valence-electron chi connectivity index (χ1n) is 6.95. The van der Waals surface area contributed by atoms with Gasteiger partial charge in [-0.2, -0.15) is 13.2 Å². The summed E-state index contributed by atoms with van der Waals surface area (Å²) in [6.45, 7) is 5.51. The number of alkyl halides is 3. The summed E-state index contributed by atoms with van der Waals surface area (Å²) in [6, 6.07) is 0.412. The van der Waals surface area contributed by atoms with Gasteiger partial charge in [-0.1, -0.05) is 0 Å². The predicted octanol–water partition coefficient (Wildman–Crippen LogP) is 1.81. The van der Waals surface area contributed by atoms with Gasteiger partial charge in [0.1, 0.15) is 0 Å². The van der Waals surface area contributed by atoms with E-state index in [-0.39, 0.29) is 19.0 Å². The summed E-state index contributed by atoms with van der Waals surface area (Å²) >= 11 is 0. The second-order valence-electron chi connectivity index (χ2n) is 6.14. The van der Waals surface area contributed by atoms with Crippen molar-refractivity contribution in [3.63, 3.8) is 0 Å². The number of likely N-dealkylation sites (tertiary alicyclic amines) is 2. The van der Waals surface area contributed by atoms with Crippen molar-refractivity contribution in [2.75, 3.05) is 26.2 Å². The maximum atomic E-state index is 13.1. The van der Waals surface area contributed by atoms with Gasteiger partial charge in [0.05, 0.1) is 0 Å². The van der Waals surface area contributed by atoms with Gasteiger partial charge >= 0.3 is 12.1 Å². The van der Waals surface area contributed by atoms with Crippen LogP contribution in [0.25, 0.3) is 0 Å². The summed E-state index contributed by atoms with van der Waals surface area (Å²) < 4.78 is 39.3. The van der Waals surface area contributed by atoms with Gasteiger partial charge in [-0.05, 0) is 26.7 Å². The molecule has 0 aromatic carbocycles. The lowest BCUT2D eigenvalue weighted by Crippen LogP contribution is -2.48. The molecule has 2 unspecified atom stereocenters. The fourth-order valence-corrected chi connectivity index (χ4v) is 3.21. The molecule has 0 bridgehead atoms. The van der Waals surface area contributed by atoms with Gasteiger partial charge in [-0.15, -0.1) is 0 Å². The van der Waals surface area contributed by atoms with Crippen molar-refractivity contribution in [1.29, 1.82) is 0 Å². The van der Waals surface area contributed by atoms with Crippen molar-refractivity contribution in [3.05, 3.63) is 0 Å². The number of carboxylic acids is 1. The Labute approximate surface area is 116 Å². The summed E-state index contributed by atoms with van der Waals surface area (Å²) in [7, 11) is 0. The molecule has 0 amide bonds. The lowest BCUT2D eigenvalue weighted by Gasteiger charge is -2.30. The highest BCUT2D eigenvalue weighted by atomic mass is 19.4. The maximum Gasteiger partial charge on any atom is 0.406 e. The van der Waals surface area contributed by atoms with Gasteiger partial charge in [0.2, 0.25) is 0 Å². The van der Waals surface area contributed by atoms with E-state index in [0.717, 1.165) is 19.5 Å². The molecule has 0 aromatic rings. The van der Waals surface area contributed by atoms with Crippen LogP contribution in [0.2, 0.25) is 0 Å². The van der Waals surface area contributed by atoms with E-state index in [9.17, 15) is 18.0 Å². The average molecular weight is 294 g/mol. The van der Waals surface area contributed by atoms with E-state index in [1.807, 2.05) is 0 Å². The van der Waals surface area contributed by atoms with Crippen LogP contribution in [0.5, 0.6) is 0 Å². The minimum absolute atomic E-state index is 0.0426. The number of hydrogen-bond acceptors (Lipinski definition) is 3. The van der Waals surface area contributed by atoms with Crippen LogP contribution in [-0.4, -0.2) is 65.3 Å². The number of nitrogens with zero attached hydrogens (tertiary/aromatic N) is 2. The first-order chi connectivity index (χ1) is 9.17. The molecule has 116 valence electrons. The van der Waals surface area contributed by atoms with E-state index in [0.29, 0.717) is 6.04 Å². The normalized spacial score (nSPS) is 33.2. The third-order valence-corrected chi connectivity index (χ3v) is 4.69. The van der Waals surface area contributed by atoms with Crippen LogP contribution >= 0.6 is 0 Å². The number of halogens is 3. The molecule has 2 fully saturated rings. The molecule has 2 aliphatic heterocycles. The van der Waals surface area contributed by atoms with Crippen LogP contribution in [0, 0.1) is 5.41 Å². The van der Waals surface area contributed by atoms with Crippen molar-refractivity contribution in [2.24, 2.45) is 5.41 Å². The Bertz CT molecular complexity index is 386. The topological polar surface area (TPSA) is 43.8 Å². The Morgan fingerprint density at radius 3 is 2.40 bits per heavy atom. The smallest absolute Gasteiger partial charge is 0.406 e. The van der Waals surface area contributed by atoms with Gasteiger partial charge < -0.3 is 5.11 Å². The van der Waals surface area contributed by atoms with Gasteiger partial charge in [0.15, 0.2) is 5.41 Å². The highest BCUT2D eigenvalue weighted by Gasteiger charge is 2.64. The van der Waals surface area contributed by atoms with E-state index < -0.39 is 24.1 Å². The van der Waals surface area contributed by atoms with E-state index >= 15 is 0 Å². The van der Waals surface area contributed by atoms with Gasteiger partial charge in [0, 0.05) is 38.3 Å². The number of hydrogen-bond donors (Lipinski definition) is 1. The maximum absolute atomic E-state index is 13.1. The number of rotatable bonds is 3. The van der Waals surface area contributed by atoms with Crippen molar-refractivity contribution in [1.82, 2.24) is 9.80 Å². The summed E-state index contributed by atoms with van der Waals surface area (Å²) in [5, 5.41) is 9.04.